The van der Waals surface area contributed by atoms with Crippen LogP contribution in [0.5, 0.6) is 0 Å². The summed E-state index contributed by atoms with van der Waals surface area (Å²) in [4.78, 5) is 4.51. The quantitative estimate of drug-likeness (QED) is 0.935. The van der Waals surface area contributed by atoms with Gasteiger partial charge in [-0.2, -0.15) is 0 Å². The molecule has 0 aliphatic heterocycles. The lowest BCUT2D eigenvalue weighted by molar-refractivity contribution is 0.581. The van der Waals surface area contributed by atoms with Crippen molar-refractivity contribution >= 4 is 47.5 Å². The number of rotatable bonds is 4. The predicted molar refractivity (Wildman–Crippen MR) is 72.8 cm³/mol. The summed E-state index contributed by atoms with van der Waals surface area (Å²) in [6.45, 7) is 2.37. The molecule has 92 valence electrons. The second-order valence-electron chi connectivity index (χ2n) is 3.49. The molecule has 7 heteroatoms. The molecule has 1 N–H and O–H groups in total. The van der Waals surface area contributed by atoms with Crippen LogP contribution in [0, 0.1) is 0 Å². The molecule has 0 amide bonds. The molecular weight excluding hydrogens is 324 g/mol. The molecule has 4 nitrogen and oxygen atoms in total. The van der Waals surface area contributed by atoms with Crippen LogP contribution in [0.2, 0.25) is 0 Å². The Bertz CT molecular complexity index is 637. The van der Waals surface area contributed by atoms with Crippen LogP contribution in [0.15, 0.2) is 27.0 Å². The van der Waals surface area contributed by atoms with E-state index in [2.05, 4.69) is 25.6 Å². The Labute approximate surface area is 112 Å². The first-order chi connectivity index (χ1) is 8.03. The molecule has 2 rings (SSSR count). The Kier molecular flexibility index (Phi) is 3.82. The first-order valence-electron chi connectivity index (χ1n) is 5.08. The molecule has 1 aromatic carbocycles. The molecule has 0 unspecified atom stereocenters. The van der Waals surface area contributed by atoms with Gasteiger partial charge in [-0.05, 0) is 40.5 Å². The Morgan fingerprint density at radius 3 is 2.94 bits per heavy atom. The van der Waals surface area contributed by atoms with Crippen LogP contribution < -0.4 is 4.72 Å². The number of fused-ring (bicyclic) bond motifs is 1. The van der Waals surface area contributed by atoms with Gasteiger partial charge in [0.15, 0.2) is 3.92 Å². The van der Waals surface area contributed by atoms with Gasteiger partial charge >= 0.3 is 0 Å². The smallest absolute Gasteiger partial charge is 0.229 e. The summed E-state index contributed by atoms with van der Waals surface area (Å²) in [5.41, 5.74) is 0.802. The molecule has 0 bridgehead atoms. The summed E-state index contributed by atoms with van der Waals surface area (Å²) >= 11 is 4.70. The molecule has 0 atom stereocenters. The molecule has 17 heavy (non-hydrogen) atoms. The number of nitrogens with zero attached hydrogens (tertiary/aromatic N) is 1. The number of nitrogens with one attached hydrogen (secondary N) is 1. The highest BCUT2D eigenvalue weighted by Crippen LogP contribution is 2.27. The van der Waals surface area contributed by atoms with Crippen LogP contribution >= 0.6 is 27.3 Å². The minimum atomic E-state index is -3.39. The Morgan fingerprint density at radius 1 is 1.47 bits per heavy atom. The van der Waals surface area contributed by atoms with Gasteiger partial charge in [-0.1, -0.05) is 6.92 Å². The van der Waals surface area contributed by atoms with E-state index in [9.17, 15) is 8.42 Å². The Balaban J connectivity index is 2.42. The predicted octanol–water partition coefficient (Wildman–Crippen LogP) is 2.75. The van der Waals surface area contributed by atoms with Crippen molar-refractivity contribution in [2.24, 2.45) is 0 Å². The highest BCUT2D eigenvalue weighted by atomic mass is 79.9. The molecule has 2 aromatic rings. The molecule has 0 saturated heterocycles. The van der Waals surface area contributed by atoms with E-state index >= 15 is 0 Å². The molecule has 0 radical (unpaired) electrons. The van der Waals surface area contributed by atoms with Crippen LogP contribution in [0.4, 0.5) is 0 Å². The van der Waals surface area contributed by atoms with Gasteiger partial charge in [0, 0.05) is 6.54 Å². The minimum Gasteiger partial charge on any atom is -0.229 e. The highest BCUT2D eigenvalue weighted by molar-refractivity contribution is 9.11. The summed E-state index contributed by atoms with van der Waals surface area (Å²) in [5, 5.41) is 0. The first kappa shape index (κ1) is 12.9. The summed E-state index contributed by atoms with van der Waals surface area (Å²) in [6.07, 6.45) is 0.771. The summed E-state index contributed by atoms with van der Waals surface area (Å²) < 4.78 is 28.0. The number of hydrogen-bond donors (Lipinski definition) is 1. The molecule has 1 heterocycles. The molecule has 0 saturated carbocycles. The largest absolute Gasteiger partial charge is 0.240 e. The number of thiazole rings is 1. The molecular formula is C10H11BrN2O2S2. The van der Waals surface area contributed by atoms with Gasteiger partial charge in [0.1, 0.15) is 0 Å². The third-order valence-corrected chi connectivity index (χ3v) is 5.11. The molecule has 1 aromatic heterocycles. The number of aromatic nitrogens is 1. The monoisotopic (exact) mass is 334 g/mol. The van der Waals surface area contributed by atoms with E-state index in [1.54, 1.807) is 18.2 Å². The van der Waals surface area contributed by atoms with E-state index in [0.29, 0.717) is 6.54 Å². The van der Waals surface area contributed by atoms with Crippen molar-refractivity contribution in [3.8, 4) is 0 Å². The van der Waals surface area contributed by atoms with Gasteiger partial charge in [-0.15, -0.1) is 11.3 Å². The van der Waals surface area contributed by atoms with Crippen molar-refractivity contribution in [3.05, 3.63) is 22.1 Å². The summed E-state index contributed by atoms with van der Waals surface area (Å²) in [6, 6.07) is 4.94. The third kappa shape index (κ3) is 2.85. The third-order valence-electron chi connectivity index (χ3n) is 2.19. The maximum atomic E-state index is 11.9. The van der Waals surface area contributed by atoms with Gasteiger partial charge in [0.2, 0.25) is 10.0 Å². The number of sulfonamides is 1. The van der Waals surface area contributed by atoms with Crippen molar-refractivity contribution in [2.45, 2.75) is 18.2 Å². The summed E-state index contributed by atoms with van der Waals surface area (Å²) in [5.74, 6) is 0. The SMILES string of the molecule is CCCNS(=O)(=O)c1ccc2nc(Br)sc2c1. The van der Waals surface area contributed by atoms with E-state index in [1.165, 1.54) is 11.3 Å². The lowest BCUT2D eigenvalue weighted by atomic mass is 10.3. The van der Waals surface area contributed by atoms with Crippen LogP contribution in [0.25, 0.3) is 10.2 Å². The number of hydrogen-bond acceptors (Lipinski definition) is 4. The van der Waals surface area contributed by atoms with E-state index in [4.69, 9.17) is 0 Å². The fourth-order valence-corrected chi connectivity index (χ4v) is 4.04. The zero-order valence-corrected chi connectivity index (χ0v) is 12.3. The second-order valence-corrected chi connectivity index (χ2v) is 7.57. The van der Waals surface area contributed by atoms with Crippen molar-refractivity contribution in [1.29, 1.82) is 0 Å². The molecule has 0 spiro atoms. The standard InChI is InChI=1S/C10H11BrN2O2S2/c1-2-5-12-17(14,15)7-3-4-8-9(6-7)16-10(11)13-8/h3-4,6,12H,2,5H2,1H3. The van der Waals surface area contributed by atoms with Gasteiger partial charge in [-0.25, -0.2) is 18.1 Å². The van der Waals surface area contributed by atoms with Gasteiger partial charge in [-0.3, -0.25) is 0 Å². The fraction of sp³-hybridized carbons (Fsp3) is 0.300. The second kappa shape index (κ2) is 5.01. The molecule has 0 aliphatic rings. The van der Waals surface area contributed by atoms with Crippen LogP contribution in [0.3, 0.4) is 0 Å². The van der Waals surface area contributed by atoms with Crippen molar-refractivity contribution in [2.75, 3.05) is 6.54 Å². The van der Waals surface area contributed by atoms with Crippen molar-refractivity contribution in [1.82, 2.24) is 9.71 Å². The summed E-state index contributed by atoms with van der Waals surface area (Å²) in [7, 11) is -3.39. The Hall–Kier alpha value is -0.500. The average Bonchev–Trinajstić information content (AvgIpc) is 2.65. The number of benzene rings is 1. The van der Waals surface area contributed by atoms with Crippen LogP contribution in [-0.2, 0) is 10.0 Å². The van der Waals surface area contributed by atoms with Crippen LogP contribution in [-0.4, -0.2) is 19.9 Å². The maximum Gasteiger partial charge on any atom is 0.240 e. The maximum absolute atomic E-state index is 11.9. The molecule has 0 aliphatic carbocycles. The lowest BCUT2D eigenvalue weighted by Crippen LogP contribution is -2.24. The zero-order chi connectivity index (χ0) is 12.5. The minimum absolute atomic E-state index is 0.287. The topological polar surface area (TPSA) is 59.1 Å². The van der Waals surface area contributed by atoms with Gasteiger partial charge in [0.25, 0.3) is 0 Å². The van der Waals surface area contributed by atoms with E-state index in [-0.39, 0.29) is 4.90 Å². The van der Waals surface area contributed by atoms with Gasteiger partial charge < -0.3 is 0 Å². The van der Waals surface area contributed by atoms with Crippen molar-refractivity contribution in [3.63, 3.8) is 0 Å². The first-order valence-corrected chi connectivity index (χ1v) is 8.18. The molecule has 0 fully saturated rings. The van der Waals surface area contributed by atoms with E-state index < -0.39 is 10.0 Å². The van der Waals surface area contributed by atoms with E-state index in [1.807, 2.05) is 6.92 Å². The highest BCUT2D eigenvalue weighted by Gasteiger charge is 2.14. The number of halogens is 1. The average molecular weight is 335 g/mol. The van der Waals surface area contributed by atoms with Crippen molar-refractivity contribution < 1.29 is 8.42 Å². The Morgan fingerprint density at radius 2 is 2.24 bits per heavy atom. The zero-order valence-electron chi connectivity index (χ0n) is 9.10. The van der Waals surface area contributed by atoms with Crippen LogP contribution in [0.1, 0.15) is 13.3 Å². The lowest BCUT2D eigenvalue weighted by Gasteiger charge is -2.04. The fourth-order valence-electron chi connectivity index (χ4n) is 1.36. The normalized spacial score (nSPS) is 12.1. The van der Waals surface area contributed by atoms with E-state index in [0.717, 1.165) is 20.6 Å². The van der Waals surface area contributed by atoms with Gasteiger partial charge in [0.05, 0.1) is 15.1 Å².